The topological polar surface area (TPSA) is 123 Å². The third kappa shape index (κ3) is 6.26. The maximum atomic E-state index is 13.3. The monoisotopic (exact) mass is 522 g/mol. The van der Waals surface area contributed by atoms with Crippen LogP contribution in [0.15, 0.2) is 76.7 Å². The number of non-ortho nitro benzene ring substituents is 1. The second-order valence-corrected chi connectivity index (χ2v) is 10.7. The molecule has 1 aliphatic rings. The molecule has 10 heteroatoms. The van der Waals surface area contributed by atoms with Gasteiger partial charge in [0.25, 0.3) is 15.7 Å². The summed E-state index contributed by atoms with van der Waals surface area (Å²) >= 11 is 0. The van der Waals surface area contributed by atoms with Gasteiger partial charge in [0.2, 0.25) is 0 Å². The lowest BCUT2D eigenvalue weighted by Gasteiger charge is -2.22. The smallest absolute Gasteiger partial charge is 0.270 e. The number of nitrogens with zero attached hydrogens (tertiary/aromatic N) is 2. The van der Waals surface area contributed by atoms with Crippen LogP contribution in [0.2, 0.25) is 0 Å². The highest BCUT2D eigenvalue weighted by Gasteiger charge is 2.24. The molecule has 194 valence electrons. The first-order valence-corrected chi connectivity index (χ1v) is 13.6. The van der Waals surface area contributed by atoms with Crippen molar-refractivity contribution >= 4 is 32.8 Å². The predicted molar refractivity (Wildman–Crippen MR) is 145 cm³/mol. The molecule has 0 amide bonds. The Morgan fingerprint density at radius 2 is 1.70 bits per heavy atom. The number of nitrogens with one attached hydrogen (secondary N) is 2. The van der Waals surface area contributed by atoms with Gasteiger partial charge in [0.1, 0.15) is 10.6 Å². The van der Waals surface area contributed by atoms with Gasteiger partial charge < -0.3 is 4.74 Å². The fourth-order valence-corrected chi connectivity index (χ4v) is 5.76. The molecule has 0 saturated heterocycles. The molecule has 3 aromatic rings. The Morgan fingerprint density at radius 1 is 1.00 bits per heavy atom. The first kappa shape index (κ1) is 26.2. The summed E-state index contributed by atoms with van der Waals surface area (Å²) in [6.07, 6.45) is 6.27. The lowest BCUT2D eigenvalue weighted by atomic mass is 9.84. The molecule has 3 aromatic carbocycles. The van der Waals surface area contributed by atoms with Crippen LogP contribution in [0.4, 0.5) is 17.1 Å². The molecule has 0 aromatic heterocycles. The highest BCUT2D eigenvalue weighted by Crippen LogP contribution is 2.33. The van der Waals surface area contributed by atoms with E-state index in [0.29, 0.717) is 17.4 Å². The zero-order chi connectivity index (χ0) is 26.4. The third-order valence-corrected chi connectivity index (χ3v) is 7.97. The number of sulfonamides is 1. The number of hydrogen-bond acceptors (Lipinski definition) is 7. The summed E-state index contributed by atoms with van der Waals surface area (Å²) in [4.78, 5) is 10.4. The van der Waals surface area contributed by atoms with E-state index < -0.39 is 14.9 Å². The minimum absolute atomic E-state index is 0.103. The van der Waals surface area contributed by atoms with Crippen molar-refractivity contribution in [3.05, 3.63) is 88.0 Å². The normalized spacial score (nSPS) is 14.7. The molecule has 1 saturated carbocycles. The van der Waals surface area contributed by atoms with Gasteiger partial charge in [-0.15, -0.1) is 0 Å². The van der Waals surface area contributed by atoms with E-state index in [1.54, 1.807) is 24.3 Å². The average molecular weight is 523 g/mol. The molecule has 1 fully saturated rings. The van der Waals surface area contributed by atoms with Crippen LogP contribution in [0.1, 0.15) is 56.1 Å². The van der Waals surface area contributed by atoms with Crippen molar-refractivity contribution < 1.29 is 18.1 Å². The van der Waals surface area contributed by atoms with Crippen molar-refractivity contribution in [2.24, 2.45) is 5.10 Å². The second-order valence-electron chi connectivity index (χ2n) is 9.01. The third-order valence-electron chi connectivity index (χ3n) is 6.57. The van der Waals surface area contributed by atoms with E-state index in [1.807, 2.05) is 19.1 Å². The zero-order valence-corrected chi connectivity index (χ0v) is 21.6. The molecular formula is C27H30N4O5S. The van der Waals surface area contributed by atoms with E-state index >= 15 is 0 Å². The number of rotatable bonds is 9. The zero-order valence-electron chi connectivity index (χ0n) is 20.8. The molecule has 0 heterocycles. The number of anilines is 2. The number of hydrogen-bond donors (Lipinski definition) is 2. The summed E-state index contributed by atoms with van der Waals surface area (Å²) in [6.45, 7) is 1.81. The molecule has 1 aliphatic carbocycles. The molecule has 0 radical (unpaired) electrons. The second kappa shape index (κ2) is 11.4. The summed E-state index contributed by atoms with van der Waals surface area (Å²) < 4.78 is 34.3. The Balaban J connectivity index is 1.60. The van der Waals surface area contributed by atoms with Gasteiger partial charge in [-0.3, -0.25) is 20.3 Å². The molecular weight excluding hydrogens is 492 g/mol. The van der Waals surface area contributed by atoms with Crippen molar-refractivity contribution in [2.45, 2.75) is 49.8 Å². The summed E-state index contributed by atoms with van der Waals surface area (Å²) in [6, 6.07) is 18.4. The minimum Gasteiger partial charge on any atom is -0.495 e. The Morgan fingerprint density at radius 3 is 2.38 bits per heavy atom. The Labute approximate surface area is 216 Å². The van der Waals surface area contributed by atoms with E-state index in [-0.39, 0.29) is 22.0 Å². The molecule has 0 atom stereocenters. The summed E-state index contributed by atoms with van der Waals surface area (Å²) in [5.74, 6) is 0.915. The number of methoxy groups -OCH3 is 1. The largest absolute Gasteiger partial charge is 0.495 e. The molecule has 0 unspecified atom stereocenters. The van der Waals surface area contributed by atoms with Crippen LogP contribution in [0.5, 0.6) is 5.75 Å². The van der Waals surface area contributed by atoms with Crippen molar-refractivity contribution in [1.29, 1.82) is 0 Å². The van der Waals surface area contributed by atoms with Gasteiger partial charge in [-0.1, -0.05) is 55.7 Å². The fourth-order valence-electron chi connectivity index (χ4n) is 4.51. The molecule has 0 aliphatic heterocycles. The Hall–Kier alpha value is -3.92. The van der Waals surface area contributed by atoms with Crippen molar-refractivity contribution in [1.82, 2.24) is 0 Å². The average Bonchev–Trinajstić information content (AvgIpc) is 2.92. The highest BCUT2D eigenvalue weighted by molar-refractivity contribution is 7.93. The van der Waals surface area contributed by atoms with E-state index in [1.165, 1.54) is 56.9 Å². The summed E-state index contributed by atoms with van der Waals surface area (Å²) in [5, 5.41) is 15.7. The van der Waals surface area contributed by atoms with Crippen molar-refractivity contribution in [2.75, 3.05) is 17.3 Å². The maximum absolute atomic E-state index is 13.3. The van der Waals surface area contributed by atoms with Gasteiger partial charge in [0.15, 0.2) is 0 Å². The summed E-state index contributed by atoms with van der Waals surface area (Å²) in [5.41, 5.74) is 5.62. The van der Waals surface area contributed by atoms with Crippen LogP contribution in [-0.2, 0) is 10.0 Å². The van der Waals surface area contributed by atoms with Crippen LogP contribution in [0, 0.1) is 10.1 Å². The van der Waals surface area contributed by atoms with Crippen molar-refractivity contribution in [3.8, 4) is 5.75 Å². The Bertz CT molecular complexity index is 1400. The number of para-hydroxylation sites is 2. The van der Waals surface area contributed by atoms with E-state index in [0.717, 1.165) is 11.6 Å². The molecule has 0 bridgehead atoms. The number of benzene rings is 3. The van der Waals surface area contributed by atoms with Crippen LogP contribution < -0.4 is 14.9 Å². The van der Waals surface area contributed by atoms with Gasteiger partial charge in [0, 0.05) is 12.1 Å². The lowest BCUT2D eigenvalue weighted by Crippen LogP contribution is -2.16. The lowest BCUT2D eigenvalue weighted by molar-refractivity contribution is -0.385. The van der Waals surface area contributed by atoms with Crippen LogP contribution in [0.25, 0.3) is 0 Å². The molecule has 0 spiro atoms. The van der Waals surface area contributed by atoms with Crippen LogP contribution >= 0.6 is 0 Å². The van der Waals surface area contributed by atoms with E-state index in [4.69, 9.17) is 4.74 Å². The van der Waals surface area contributed by atoms with Gasteiger partial charge in [-0.2, -0.15) is 5.10 Å². The Kier molecular flexibility index (Phi) is 8.08. The number of nitro benzene ring substituents is 1. The number of hydrazone groups is 1. The van der Waals surface area contributed by atoms with E-state index in [2.05, 4.69) is 27.4 Å². The highest BCUT2D eigenvalue weighted by atomic mass is 32.2. The van der Waals surface area contributed by atoms with Gasteiger partial charge in [0.05, 0.1) is 29.1 Å². The summed E-state index contributed by atoms with van der Waals surface area (Å²) in [7, 11) is -2.81. The minimum atomic E-state index is -4.23. The van der Waals surface area contributed by atoms with Crippen LogP contribution in [0.3, 0.4) is 0 Å². The standard InChI is InChI=1S/C27H30N4O5S/c1-19(20-12-14-22(15-13-20)21-8-4-3-5-9-21)28-29-25-17-16-23(31(32)33)18-27(25)37(34,35)30-24-10-6-7-11-26(24)36-2/h6-7,10-18,21,29-30H,3-5,8-9H2,1-2H3/b28-19-. The first-order valence-electron chi connectivity index (χ1n) is 12.1. The van der Waals surface area contributed by atoms with Gasteiger partial charge in [-0.25, -0.2) is 8.42 Å². The quantitative estimate of drug-likeness (QED) is 0.193. The first-order chi connectivity index (χ1) is 17.8. The van der Waals surface area contributed by atoms with Crippen molar-refractivity contribution in [3.63, 3.8) is 0 Å². The molecule has 37 heavy (non-hydrogen) atoms. The fraction of sp³-hybridized carbons (Fsp3) is 0.296. The molecule has 9 nitrogen and oxygen atoms in total. The maximum Gasteiger partial charge on any atom is 0.270 e. The predicted octanol–water partition coefficient (Wildman–Crippen LogP) is 6.29. The SMILES string of the molecule is COc1ccccc1NS(=O)(=O)c1cc([N+](=O)[O-])ccc1N/N=C(/C)c1ccc(C2CCCCC2)cc1. The molecule has 2 N–H and O–H groups in total. The van der Waals surface area contributed by atoms with E-state index in [9.17, 15) is 18.5 Å². The molecule has 4 rings (SSSR count). The van der Waals surface area contributed by atoms with Gasteiger partial charge >= 0.3 is 0 Å². The number of ether oxygens (including phenoxy) is 1. The number of nitro groups is 1. The van der Waals surface area contributed by atoms with Gasteiger partial charge in [-0.05, 0) is 55.0 Å². The van der Waals surface area contributed by atoms with Crippen LogP contribution in [-0.4, -0.2) is 26.2 Å².